The molecule has 88 valence electrons. The van der Waals surface area contributed by atoms with Crippen molar-refractivity contribution in [1.29, 1.82) is 0 Å². The van der Waals surface area contributed by atoms with Crippen molar-refractivity contribution in [2.75, 3.05) is 23.1 Å². The van der Waals surface area contributed by atoms with E-state index in [1.807, 2.05) is 0 Å². The highest BCUT2D eigenvalue weighted by Gasteiger charge is 2.12. The van der Waals surface area contributed by atoms with Gasteiger partial charge in [0.05, 0.1) is 10.7 Å². The predicted octanol–water partition coefficient (Wildman–Crippen LogP) is 0.905. The van der Waals surface area contributed by atoms with E-state index in [0.29, 0.717) is 11.4 Å². The summed E-state index contributed by atoms with van der Waals surface area (Å²) in [5.74, 6) is -1.21. The Balaban J connectivity index is 2.78. The number of sulfone groups is 1. The van der Waals surface area contributed by atoms with Crippen LogP contribution >= 0.6 is 11.6 Å². The van der Waals surface area contributed by atoms with E-state index in [1.165, 1.54) is 12.1 Å². The second kappa shape index (κ2) is 4.71. The van der Waals surface area contributed by atoms with Gasteiger partial charge in [0.25, 0.3) is 0 Å². The molecule has 0 aliphatic rings. The fourth-order valence-corrected chi connectivity index (χ4v) is 1.84. The summed E-state index contributed by atoms with van der Waals surface area (Å²) in [4.78, 5) is 11.3. The molecule has 1 aromatic carbocycles. The van der Waals surface area contributed by atoms with Gasteiger partial charge in [0, 0.05) is 11.9 Å². The number of hydrogen-bond acceptors (Lipinski definition) is 4. The zero-order valence-electron chi connectivity index (χ0n) is 8.53. The molecule has 1 rings (SSSR count). The summed E-state index contributed by atoms with van der Waals surface area (Å²) in [6.45, 7) is 0. The summed E-state index contributed by atoms with van der Waals surface area (Å²) >= 11 is 5.80. The maximum Gasteiger partial charge on any atom is 0.239 e. The number of nitrogen functional groups attached to an aromatic ring is 1. The number of amides is 1. The first kappa shape index (κ1) is 12.8. The number of hydrogen-bond donors (Lipinski definition) is 2. The zero-order chi connectivity index (χ0) is 12.3. The highest BCUT2D eigenvalue weighted by Crippen LogP contribution is 2.23. The third-order valence-electron chi connectivity index (χ3n) is 1.66. The van der Waals surface area contributed by atoms with E-state index < -0.39 is 21.5 Å². The number of benzene rings is 1. The predicted molar refractivity (Wildman–Crippen MR) is 64.2 cm³/mol. The standard InChI is InChI=1S/C9H11ClN2O3S/c1-16(14,15)5-9(13)12-8-3-2-6(11)4-7(8)10/h2-4H,5,11H2,1H3,(H,12,13). The van der Waals surface area contributed by atoms with E-state index in [2.05, 4.69) is 5.32 Å². The molecule has 0 fully saturated rings. The quantitative estimate of drug-likeness (QED) is 0.792. The van der Waals surface area contributed by atoms with Crippen molar-refractivity contribution in [2.24, 2.45) is 0 Å². The van der Waals surface area contributed by atoms with Crippen LogP contribution in [0.1, 0.15) is 0 Å². The van der Waals surface area contributed by atoms with Gasteiger partial charge in [0.15, 0.2) is 9.84 Å². The van der Waals surface area contributed by atoms with Gasteiger partial charge in [-0.15, -0.1) is 0 Å². The van der Waals surface area contributed by atoms with Gasteiger partial charge in [-0.2, -0.15) is 0 Å². The maximum absolute atomic E-state index is 11.3. The van der Waals surface area contributed by atoms with Crippen molar-refractivity contribution in [1.82, 2.24) is 0 Å². The van der Waals surface area contributed by atoms with Gasteiger partial charge in [-0.3, -0.25) is 4.79 Å². The van der Waals surface area contributed by atoms with Crippen molar-refractivity contribution in [3.63, 3.8) is 0 Å². The maximum atomic E-state index is 11.3. The Morgan fingerprint density at radius 1 is 1.50 bits per heavy atom. The molecule has 7 heteroatoms. The Hall–Kier alpha value is -1.27. The van der Waals surface area contributed by atoms with Crippen LogP contribution in [0.15, 0.2) is 18.2 Å². The molecule has 0 aliphatic heterocycles. The fourth-order valence-electron chi connectivity index (χ4n) is 1.06. The first-order valence-electron chi connectivity index (χ1n) is 4.30. The van der Waals surface area contributed by atoms with Crippen LogP contribution in [0.25, 0.3) is 0 Å². The van der Waals surface area contributed by atoms with Gasteiger partial charge in [-0.1, -0.05) is 11.6 Å². The Morgan fingerprint density at radius 3 is 2.62 bits per heavy atom. The zero-order valence-corrected chi connectivity index (χ0v) is 10.1. The topological polar surface area (TPSA) is 89.3 Å². The van der Waals surface area contributed by atoms with Crippen molar-refractivity contribution in [3.8, 4) is 0 Å². The molecule has 0 bridgehead atoms. The van der Waals surface area contributed by atoms with Crippen molar-refractivity contribution in [3.05, 3.63) is 23.2 Å². The molecular weight excluding hydrogens is 252 g/mol. The molecule has 0 aromatic heterocycles. The largest absolute Gasteiger partial charge is 0.399 e. The van der Waals surface area contributed by atoms with E-state index in [0.717, 1.165) is 6.26 Å². The van der Waals surface area contributed by atoms with Crippen molar-refractivity contribution >= 4 is 38.7 Å². The summed E-state index contributed by atoms with van der Waals surface area (Å²) < 4.78 is 21.7. The Kier molecular flexibility index (Phi) is 3.77. The summed E-state index contributed by atoms with van der Waals surface area (Å²) in [5, 5.41) is 2.65. The van der Waals surface area contributed by atoms with Crippen LogP contribution in [0.2, 0.25) is 5.02 Å². The molecule has 0 heterocycles. The molecule has 0 unspecified atom stereocenters. The van der Waals surface area contributed by atoms with Crippen LogP contribution < -0.4 is 11.1 Å². The van der Waals surface area contributed by atoms with Crippen LogP contribution in [0.4, 0.5) is 11.4 Å². The molecule has 0 spiro atoms. The molecule has 0 saturated carbocycles. The number of rotatable bonds is 3. The second-order valence-corrected chi connectivity index (χ2v) is 5.90. The van der Waals surface area contributed by atoms with Gasteiger partial charge >= 0.3 is 0 Å². The summed E-state index contributed by atoms with van der Waals surface area (Å²) in [6.07, 6.45) is 0.983. The third-order valence-corrected chi connectivity index (χ3v) is 2.76. The van der Waals surface area contributed by atoms with E-state index in [4.69, 9.17) is 17.3 Å². The minimum atomic E-state index is -3.34. The summed E-state index contributed by atoms with van der Waals surface area (Å²) in [6, 6.07) is 4.54. The lowest BCUT2D eigenvalue weighted by atomic mass is 10.3. The van der Waals surface area contributed by atoms with Gasteiger partial charge in [0.2, 0.25) is 5.91 Å². The monoisotopic (exact) mass is 262 g/mol. The van der Waals surface area contributed by atoms with E-state index in [-0.39, 0.29) is 5.02 Å². The molecule has 1 aromatic rings. The average Bonchev–Trinajstić information content (AvgIpc) is 2.06. The number of anilines is 2. The van der Waals surface area contributed by atoms with E-state index >= 15 is 0 Å². The molecule has 0 aliphatic carbocycles. The minimum Gasteiger partial charge on any atom is -0.399 e. The van der Waals surface area contributed by atoms with Gasteiger partial charge in [0.1, 0.15) is 5.75 Å². The smallest absolute Gasteiger partial charge is 0.239 e. The number of carbonyl (C=O) groups excluding carboxylic acids is 1. The first-order valence-corrected chi connectivity index (χ1v) is 6.74. The molecule has 0 atom stereocenters. The van der Waals surface area contributed by atoms with E-state index in [1.54, 1.807) is 6.07 Å². The number of nitrogens with two attached hydrogens (primary N) is 1. The highest BCUT2D eigenvalue weighted by molar-refractivity contribution is 7.91. The lowest BCUT2D eigenvalue weighted by molar-refractivity contribution is -0.113. The highest BCUT2D eigenvalue weighted by atomic mass is 35.5. The van der Waals surface area contributed by atoms with Crippen LogP contribution in [0, 0.1) is 0 Å². The van der Waals surface area contributed by atoms with Gasteiger partial charge in [-0.05, 0) is 18.2 Å². The van der Waals surface area contributed by atoms with Gasteiger partial charge < -0.3 is 11.1 Å². The summed E-state index contributed by atoms with van der Waals surface area (Å²) in [7, 11) is -3.34. The number of carbonyl (C=O) groups is 1. The third kappa shape index (κ3) is 4.08. The van der Waals surface area contributed by atoms with Crippen LogP contribution in [0.3, 0.4) is 0 Å². The Bertz CT molecular complexity index is 513. The fraction of sp³-hybridized carbons (Fsp3) is 0.222. The lowest BCUT2D eigenvalue weighted by Crippen LogP contribution is -2.22. The normalized spacial score (nSPS) is 11.1. The van der Waals surface area contributed by atoms with Crippen molar-refractivity contribution in [2.45, 2.75) is 0 Å². The Labute approximate surface area is 98.5 Å². The van der Waals surface area contributed by atoms with Crippen molar-refractivity contribution < 1.29 is 13.2 Å². The molecule has 0 radical (unpaired) electrons. The first-order chi connectivity index (χ1) is 7.28. The summed E-state index contributed by atoms with van der Waals surface area (Å²) in [5.41, 5.74) is 6.27. The van der Waals surface area contributed by atoms with E-state index in [9.17, 15) is 13.2 Å². The van der Waals surface area contributed by atoms with Crippen LogP contribution in [0.5, 0.6) is 0 Å². The molecule has 3 N–H and O–H groups in total. The molecule has 5 nitrogen and oxygen atoms in total. The minimum absolute atomic E-state index is 0.266. The second-order valence-electron chi connectivity index (χ2n) is 3.36. The number of halogens is 1. The van der Waals surface area contributed by atoms with Crippen LogP contribution in [-0.2, 0) is 14.6 Å². The SMILES string of the molecule is CS(=O)(=O)CC(=O)Nc1ccc(N)cc1Cl. The molecule has 0 saturated heterocycles. The number of nitrogens with one attached hydrogen (secondary N) is 1. The molecule has 1 amide bonds. The lowest BCUT2D eigenvalue weighted by Gasteiger charge is -2.06. The van der Waals surface area contributed by atoms with Crippen LogP contribution in [-0.4, -0.2) is 26.3 Å². The van der Waals surface area contributed by atoms with Gasteiger partial charge in [-0.25, -0.2) is 8.42 Å². The Morgan fingerprint density at radius 2 is 2.12 bits per heavy atom. The average molecular weight is 263 g/mol. The molecular formula is C9H11ClN2O3S. The molecule has 16 heavy (non-hydrogen) atoms.